The summed E-state index contributed by atoms with van der Waals surface area (Å²) in [6.07, 6.45) is 0.0122. The van der Waals surface area contributed by atoms with Gasteiger partial charge in [0, 0.05) is 38.3 Å². The highest BCUT2D eigenvalue weighted by atomic mass is 16.6. The summed E-state index contributed by atoms with van der Waals surface area (Å²) >= 11 is 0. The van der Waals surface area contributed by atoms with Crippen LogP contribution in [0.4, 0.5) is 9.59 Å². The number of rotatable bonds is 2. The molecule has 0 aromatic rings. The van der Waals surface area contributed by atoms with Gasteiger partial charge in [0.15, 0.2) is 0 Å². The molecule has 12 nitrogen and oxygen atoms in total. The summed E-state index contributed by atoms with van der Waals surface area (Å²) in [5.74, 6) is -3.36. The number of nitrogens with zero attached hydrogens (tertiary/aromatic N) is 2. The summed E-state index contributed by atoms with van der Waals surface area (Å²) in [6, 6.07) is -0.794. The number of hydrogen-bond acceptors (Lipinski definition) is 8. The number of carbonyl (C=O) groups excluding carboxylic acids is 2. The minimum absolute atomic E-state index is 0.116. The van der Waals surface area contributed by atoms with Gasteiger partial charge in [-0.2, -0.15) is 0 Å². The quantitative estimate of drug-likeness (QED) is 0.441. The Morgan fingerprint density at radius 1 is 0.706 bits per heavy atom. The van der Waals surface area contributed by atoms with Gasteiger partial charge < -0.3 is 41.0 Å². The van der Waals surface area contributed by atoms with Crippen LogP contribution in [0.5, 0.6) is 0 Å². The molecular weight excluding hydrogens is 448 g/mol. The first-order chi connectivity index (χ1) is 15.4. The highest BCUT2D eigenvalue weighted by Crippen LogP contribution is 2.20. The highest BCUT2D eigenvalue weighted by molar-refractivity contribution is 5.74. The molecule has 0 spiro atoms. The van der Waals surface area contributed by atoms with Crippen molar-refractivity contribution in [1.82, 2.24) is 9.80 Å². The van der Waals surface area contributed by atoms with E-state index in [0.29, 0.717) is 25.9 Å². The summed E-state index contributed by atoms with van der Waals surface area (Å²) in [4.78, 5) is 48.3. The van der Waals surface area contributed by atoms with Crippen molar-refractivity contribution in [3.63, 3.8) is 0 Å². The van der Waals surface area contributed by atoms with Gasteiger partial charge in [-0.1, -0.05) is 0 Å². The molecule has 0 aromatic heterocycles. The van der Waals surface area contributed by atoms with Crippen LogP contribution in [0.2, 0.25) is 0 Å². The van der Waals surface area contributed by atoms with Crippen LogP contribution in [-0.4, -0.2) is 93.6 Å². The van der Waals surface area contributed by atoms with Crippen molar-refractivity contribution >= 4 is 24.1 Å². The SMILES string of the molecule is CC(C)(C)OC(=O)N1CC[C@@H](N)[C@@H](C(=O)O)C1.CC(C)(C)OC(=O)N1CC[C@H](N)[C@H](C(=O)O)C1. The topological polar surface area (TPSA) is 186 Å². The van der Waals surface area contributed by atoms with Crippen molar-refractivity contribution in [3.8, 4) is 0 Å². The van der Waals surface area contributed by atoms with Gasteiger partial charge in [0.1, 0.15) is 11.2 Å². The molecule has 4 atom stereocenters. The summed E-state index contributed by atoms with van der Waals surface area (Å²) < 4.78 is 10.4. The molecule has 0 bridgehead atoms. The Bertz CT molecular complexity index is 684. The molecule has 6 N–H and O–H groups in total. The van der Waals surface area contributed by atoms with Crippen molar-refractivity contribution in [1.29, 1.82) is 0 Å². The third-order valence-corrected chi connectivity index (χ3v) is 5.27. The maximum absolute atomic E-state index is 11.8. The molecule has 0 unspecified atom stereocenters. The van der Waals surface area contributed by atoms with E-state index in [1.807, 2.05) is 0 Å². The second-order valence-corrected chi connectivity index (χ2v) is 10.6. The van der Waals surface area contributed by atoms with Crippen LogP contribution in [0.3, 0.4) is 0 Å². The van der Waals surface area contributed by atoms with Gasteiger partial charge in [-0.3, -0.25) is 9.59 Å². The molecule has 2 saturated heterocycles. The molecule has 2 rings (SSSR count). The maximum atomic E-state index is 11.8. The van der Waals surface area contributed by atoms with Crippen LogP contribution in [0, 0.1) is 11.8 Å². The summed E-state index contributed by atoms with van der Waals surface area (Å²) in [6.45, 7) is 11.8. The maximum Gasteiger partial charge on any atom is 0.410 e. The van der Waals surface area contributed by atoms with E-state index < -0.39 is 59.2 Å². The van der Waals surface area contributed by atoms with Gasteiger partial charge in [-0.25, -0.2) is 9.59 Å². The predicted molar refractivity (Wildman–Crippen MR) is 123 cm³/mol. The van der Waals surface area contributed by atoms with Crippen LogP contribution in [0.15, 0.2) is 0 Å². The van der Waals surface area contributed by atoms with E-state index in [1.165, 1.54) is 9.80 Å². The number of carbonyl (C=O) groups is 4. The van der Waals surface area contributed by atoms with E-state index in [0.717, 1.165) is 0 Å². The second-order valence-electron chi connectivity index (χ2n) is 10.6. The third-order valence-electron chi connectivity index (χ3n) is 5.27. The molecule has 2 aliphatic heterocycles. The second kappa shape index (κ2) is 11.7. The van der Waals surface area contributed by atoms with E-state index >= 15 is 0 Å². The minimum atomic E-state index is -0.967. The Labute approximate surface area is 200 Å². The Kier molecular flexibility index (Phi) is 10.1. The number of carboxylic acid groups (broad SMARTS) is 2. The molecular formula is C22H40N4O8. The molecule has 2 heterocycles. The zero-order valence-electron chi connectivity index (χ0n) is 20.9. The number of ether oxygens (including phenoxy) is 2. The molecule has 2 aliphatic rings. The minimum Gasteiger partial charge on any atom is -0.481 e. The van der Waals surface area contributed by atoms with Crippen LogP contribution in [-0.2, 0) is 19.1 Å². The van der Waals surface area contributed by atoms with Crippen molar-refractivity contribution in [3.05, 3.63) is 0 Å². The summed E-state index contributed by atoms with van der Waals surface area (Å²) in [7, 11) is 0. The lowest BCUT2D eigenvalue weighted by molar-refractivity contribution is -0.145. The molecule has 0 saturated carbocycles. The molecule has 0 aromatic carbocycles. The standard InChI is InChI=1S/2C11H20N2O4/c2*1-11(2,3)17-10(16)13-5-4-8(12)7(6-13)9(14)15/h2*7-8H,4-6,12H2,1-3H3,(H,14,15)/t2*7-,8+/m10/s1. The smallest absolute Gasteiger partial charge is 0.410 e. The number of likely N-dealkylation sites (tertiary alicyclic amines) is 2. The largest absolute Gasteiger partial charge is 0.481 e. The zero-order chi connectivity index (χ0) is 26.4. The first-order valence-corrected chi connectivity index (χ1v) is 11.3. The van der Waals surface area contributed by atoms with Gasteiger partial charge >= 0.3 is 24.1 Å². The van der Waals surface area contributed by atoms with E-state index in [4.69, 9.17) is 31.2 Å². The normalized spacial score (nSPS) is 25.5. The lowest BCUT2D eigenvalue weighted by atomic mass is 9.93. The van der Waals surface area contributed by atoms with Gasteiger partial charge in [0.2, 0.25) is 0 Å². The fourth-order valence-corrected chi connectivity index (χ4v) is 3.45. The number of nitrogens with two attached hydrogens (primary N) is 2. The van der Waals surface area contributed by atoms with Crippen LogP contribution < -0.4 is 11.5 Å². The first-order valence-electron chi connectivity index (χ1n) is 11.3. The molecule has 12 heteroatoms. The van der Waals surface area contributed by atoms with E-state index in [1.54, 1.807) is 41.5 Å². The predicted octanol–water partition coefficient (Wildman–Crippen LogP) is 1.31. The Morgan fingerprint density at radius 2 is 1.00 bits per heavy atom. The average molecular weight is 489 g/mol. The fraction of sp³-hybridized carbons (Fsp3) is 0.818. The molecule has 0 radical (unpaired) electrons. The number of hydrogen-bond donors (Lipinski definition) is 4. The first kappa shape index (κ1) is 29.4. The van der Waals surface area contributed by atoms with E-state index in [9.17, 15) is 19.2 Å². The average Bonchev–Trinajstić information content (AvgIpc) is 2.66. The number of carboxylic acids is 2. The number of amides is 2. The van der Waals surface area contributed by atoms with Crippen LogP contribution >= 0.6 is 0 Å². The van der Waals surface area contributed by atoms with Crippen LogP contribution in [0.25, 0.3) is 0 Å². The molecule has 2 fully saturated rings. The van der Waals surface area contributed by atoms with Gasteiger partial charge in [-0.05, 0) is 54.4 Å². The third kappa shape index (κ3) is 9.72. The Morgan fingerprint density at radius 3 is 1.24 bits per heavy atom. The monoisotopic (exact) mass is 488 g/mol. The Hall–Kier alpha value is -2.60. The van der Waals surface area contributed by atoms with Crippen molar-refractivity contribution in [2.45, 2.75) is 77.7 Å². The molecule has 34 heavy (non-hydrogen) atoms. The Balaban J connectivity index is 0.000000340. The zero-order valence-corrected chi connectivity index (χ0v) is 20.9. The molecule has 2 amide bonds. The van der Waals surface area contributed by atoms with E-state index in [2.05, 4.69) is 0 Å². The lowest BCUT2D eigenvalue weighted by Crippen LogP contribution is -2.52. The van der Waals surface area contributed by atoms with Crippen LogP contribution in [0.1, 0.15) is 54.4 Å². The number of piperidine rings is 2. The lowest BCUT2D eigenvalue weighted by Gasteiger charge is -2.35. The van der Waals surface area contributed by atoms with Crippen molar-refractivity contribution in [2.24, 2.45) is 23.3 Å². The van der Waals surface area contributed by atoms with Gasteiger partial charge in [0.25, 0.3) is 0 Å². The fourth-order valence-electron chi connectivity index (χ4n) is 3.45. The molecule has 0 aliphatic carbocycles. The number of aliphatic carboxylic acids is 2. The van der Waals surface area contributed by atoms with E-state index in [-0.39, 0.29) is 13.1 Å². The van der Waals surface area contributed by atoms with Gasteiger partial charge in [0.05, 0.1) is 11.8 Å². The van der Waals surface area contributed by atoms with Crippen molar-refractivity contribution in [2.75, 3.05) is 26.2 Å². The van der Waals surface area contributed by atoms with Crippen molar-refractivity contribution < 1.29 is 38.9 Å². The van der Waals surface area contributed by atoms with Gasteiger partial charge in [-0.15, -0.1) is 0 Å². The summed E-state index contributed by atoms with van der Waals surface area (Å²) in [5.41, 5.74) is 10.3. The molecule has 196 valence electrons. The highest BCUT2D eigenvalue weighted by Gasteiger charge is 2.36. The summed E-state index contributed by atoms with van der Waals surface area (Å²) in [5, 5.41) is 18.0.